The Bertz CT molecular complexity index is 840. The molecule has 8 heteroatoms. The van der Waals surface area contributed by atoms with Crippen molar-refractivity contribution in [2.75, 3.05) is 0 Å². The number of rotatable bonds is 3. The van der Waals surface area contributed by atoms with Gasteiger partial charge in [0.1, 0.15) is 11.3 Å². The van der Waals surface area contributed by atoms with Crippen LogP contribution in [0.3, 0.4) is 0 Å². The standard InChI is InChI=1S/C15H11N3O4S/c19-11-4-3-9(6-10(11)14(21)22)17-15-18-13(20)12(23-15)7-8-2-1-5-16-8/h1-7,16,19H,(H,21,22)(H,17,18,20)/b12-7-. The quantitative estimate of drug-likeness (QED) is 0.645. The number of aromatic hydroxyl groups is 1. The van der Waals surface area contributed by atoms with Crippen LogP contribution >= 0.6 is 11.8 Å². The number of thioether (sulfide) groups is 1. The van der Waals surface area contributed by atoms with E-state index < -0.39 is 5.97 Å². The van der Waals surface area contributed by atoms with Gasteiger partial charge in [0.2, 0.25) is 0 Å². The van der Waals surface area contributed by atoms with Crippen molar-refractivity contribution >= 4 is 40.6 Å². The Morgan fingerprint density at radius 2 is 2.13 bits per heavy atom. The molecule has 0 aliphatic carbocycles. The number of aromatic nitrogens is 1. The Morgan fingerprint density at radius 1 is 1.30 bits per heavy atom. The molecule has 0 radical (unpaired) electrons. The molecule has 0 spiro atoms. The number of phenols is 1. The second-order valence-corrected chi connectivity index (χ2v) is 5.64. The molecule has 3 rings (SSSR count). The van der Waals surface area contributed by atoms with Gasteiger partial charge in [-0.05, 0) is 48.2 Å². The third-order valence-corrected chi connectivity index (χ3v) is 3.91. The summed E-state index contributed by atoms with van der Waals surface area (Å²) in [6.45, 7) is 0. The predicted molar refractivity (Wildman–Crippen MR) is 86.7 cm³/mol. The molecule has 1 aromatic heterocycles. The van der Waals surface area contributed by atoms with Crippen LogP contribution in [0.15, 0.2) is 46.4 Å². The number of aliphatic imine (C=N–C) groups is 1. The average Bonchev–Trinajstić information content (AvgIpc) is 3.12. The van der Waals surface area contributed by atoms with Crippen LogP contribution < -0.4 is 5.32 Å². The molecule has 7 nitrogen and oxygen atoms in total. The highest BCUT2D eigenvalue weighted by atomic mass is 32.2. The molecule has 4 N–H and O–H groups in total. The van der Waals surface area contributed by atoms with Gasteiger partial charge in [0.25, 0.3) is 5.91 Å². The SMILES string of the molecule is O=C1NC(=Nc2ccc(O)c(C(=O)O)c2)S/C1=C\c1ccc[nH]1. The first-order chi connectivity index (χ1) is 11.0. The van der Waals surface area contributed by atoms with Crippen molar-refractivity contribution in [2.24, 2.45) is 4.99 Å². The first kappa shape index (κ1) is 14.9. The lowest BCUT2D eigenvalue weighted by Gasteiger charge is -2.01. The number of aromatic amines is 1. The van der Waals surface area contributed by atoms with E-state index in [1.54, 1.807) is 12.3 Å². The zero-order valence-corrected chi connectivity index (χ0v) is 12.4. The van der Waals surface area contributed by atoms with Crippen LogP contribution in [0.4, 0.5) is 5.69 Å². The second kappa shape index (κ2) is 6.01. The minimum atomic E-state index is -1.25. The molecule has 23 heavy (non-hydrogen) atoms. The first-order valence-electron chi connectivity index (χ1n) is 6.52. The lowest BCUT2D eigenvalue weighted by Crippen LogP contribution is -2.19. The fourth-order valence-corrected chi connectivity index (χ4v) is 2.77. The number of nitrogens with zero attached hydrogens (tertiary/aromatic N) is 1. The van der Waals surface area contributed by atoms with E-state index in [1.165, 1.54) is 18.2 Å². The molecule has 1 amide bonds. The van der Waals surface area contributed by atoms with E-state index in [0.717, 1.165) is 17.5 Å². The first-order valence-corrected chi connectivity index (χ1v) is 7.34. The molecular weight excluding hydrogens is 318 g/mol. The van der Waals surface area contributed by atoms with Crippen LogP contribution in [0.5, 0.6) is 5.75 Å². The Kier molecular flexibility index (Phi) is 3.90. The number of H-pyrrole nitrogens is 1. The zero-order chi connectivity index (χ0) is 16.4. The van der Waals surface area contributed by atoms with Gasteiger partial charge in [-0.15, -0.1) is 0 Å². The molecule has 1 aliphatic rings. The Balaban J connectivity index is 1.86. The van der Waals surface area contributed by atoms with Gasteiger partial charge in [0.05, 0.1) is 10.6 Å². The maximum atomic E-state index is 11.9. The summed E-state index contributed by atoms with van der Waals surface area (Å²) in [5, 5.41) is 21.4. The summed E-state index contributed by atoms with van der Waals surface area (Å²) in [6, 6.07) is 7.61. The van der Waals surface area contributed by atoms with E-state index in [1.807, 2.05) is 12.1 Å². The maximum Gasteiger partial charge on any atom is 0.339 e. The Hall–Kier alpha value is -3.00. The minimum Gasteiger partial charge on any atom is -0.507 e. The van der Waals surface area contributed by atoms with Crippen LogP contribution in [-0.2, 0) is 4.79 Å². The third kappa shape index (κ3) is 3.27. The van der Waals surface area contributed by atoms with Gasteiger partial charge in [0, 0.05) is 11.9 Å². The van der Waals surface area contributed by atoms with Gasteiger partial charge in [0.15, 0.2) is 5.17 Å². The fraction of sp³-hybridized carbons (Fsp3) is 0. The number of amidine groups is 1. The molecular formula is C15H11N3O4S. The number of hydrogen-bond acceptors (Lipinski definition) is 5. The smallest absolute Gasteiger partial charge is 0.339 e. The molecule has 0 atom stereocenters. The molecule has 0 bridgehead atoms. The van der Waals surface area contributed by atoms with E-state index in [2.05, 4.69) is 15.3 Å². The van der Waals surface area contributed by atoms with Crippen molar-refractivity contribution in [3.8, 4) is 5.75 Å². The van der Waals surface area contributed by atoms with Crippen molar-refractivity contribution in [3.05, 3.63) is 52.7 Å². The van der Waals surface area contributed by atoms with E-state index >= 15 is 0 Å². The van der Waals surface area contributed by atoms with Crippen molar-refractivity contribution in [2.45, 2.75) is 0 Å². The molecule has 1 saturated heterocycles. The summed E-state index contributed by atoms with van der Waals surface area (Å²) in [5.41, 5.74) is 0.870. The van der Waals surface area contributed by atoms with Gasteiger partial charge in [-0.25, -0.2) is 9.79 Å². The molecule has 0 saturated carbocycles. The summed E-state index contributed by atoms with van der Waals surface area (Å²) in [7, 11) is 0. The summed E-state index contributed by atoms with van der Waals surface area (Å²) in [6.07, 6.45) is 3.45. The molecule has 1 aromatic carbocycles. The van der Waals surface area contributed by atoms with Crippen LogP contribution in [0, 0.1) is 0 Å². The monoisotopic (exact) mass is 329 g/mol. The van der Waals surface area contributed by atoms with E-state index in [0.29, 0.717) is 15.8 Å². The van der Waals surface area contributed by atoms with Crippen LogP contribution in [-0.4, -0.2) is 32.2 Å². The summed E-state index contributed by atoms with van der Waals surface area (Å²) < 4.78 is 0. The summed E-state index contributed by atoms with van der Waals surface area (Å²) in [4.78, 5) is 30.5. The number of nitrogens with one attached hydrogen (secondary N) is 2. The second-order valence-electron chi connectivity index (χ2n) is 4.61. The van der Waals surface area contributed by atoms with Gasteiger partial charge in [-0.2, -0.15) is 0 Å². The maximum absolute atomic E-state index is 11.9. The van der Waals surface area contributed by atoms with E-state index in [9.17, 15) is 14.7 Å². The normalized spacial score (nSPS) is 17.7. The lowest BCUT2D eigenvalue weighted by atomic mass is 10.2. The zero-order valence-electron chi connectivity index (χ0n) is 11.6. The number of aromatic carboxylic acids is 1. The van der Waals surface area contributed by atoms with Gasteiger partial charge in [-0.3, -0.25) is 4.79 Å². The number of benzene rings is 1. The van der Waals surface area contributed by atoms with Crippen molar-refractivity contribution in [3.63, 3.8) is 0 Å². The van der Waals surface area contributed by atoms with Crippen molar-refractivity contribution in [1.29, 1.82) is 0 Å². The van der Waals surface area contributed by atoms with Crippen molar-refractivity contribution < 1.29 is 19.8 Å². The molecule has 2 aromatic rings. The third-order valence-electron chi connectivity index (χ3n) is 3.00. The number of carbonyl (C=O) groups is 2. The molecule has 1 fully saturated rings. The average molecular weight is 329 g/mol. The molecule has 0 unspecified atom stereocenters. The summed E-state index contributed by atoms with van der Waals surface area (Å²) in [5.74, 6) is -1.86. The topological polar surface area (TPSA) is 115 Å². The molecule has 116 valence electrons. The number of hydrogen-bond donors (Lipinski definition) is 4. The van der Waals surface area contributed by atoms with Crippen LogP contribution in [0.2, 0.25) is 0 Å². The highest BCUT2D eigenvalue weighted by Gasteiger charge is 2.24. The number of carboxylic acid groups (broad SMARTS) is 1. The number of carboxylic acids is 1. The van der Waals surface area contributed by atoms with E-state index in [-0.39, 0.29) is 17.2 Å². The lowest BCUT2D eigenvalue weighted by molar-refractivity contribution is -0.115. The van der Waals surface area contributed by atoms with Crippen LogP contribution in [0.25, 0.3) is 6.08 Å². The Labute approximate surface area is 134 Å². The van der Waals surface area contributed by atoms with Crippen LogP contribution in [0.1, 0.15) is 16.1 Å². The molecule has 1 aliphatic heterocycles. The van der Waals surface area contributed by atoms with Gasteiger partial charge in [-0.1, -0.05) is 0 Å². The number of amides is 1. The highest BCUT2D eigenvalue weighted by molar-refractivity contribution is 8.18. The van der Waals surface area contributed by atoms with Gasteiger partial charge < -0.3 is 20.5 Å². The van der Waals surface area contributed by atoms with Gasteiger partial charge >= 0.3 is 5.97 Å². The Morgan fingerprint density at radius 3 is 2.83 bits per heavy atom. The van der Waals surface area contributed by atoms with E-state index in [4.69, 9.17) is 5.11 Å². The molecule has 2 heterocycles. The fourth-order valence-electron chi connectivity index (χ4n) is 1.94. The number of carbonyl (C=O) groups excluding carboxylic acids is 1. The largest absolute Gasteiger partial charge is 0.507 e. The highest BCUT2D eigenvalue weighted by Crippen LogP contribution is 2.29. The predicted octanol–water partition coefficient (Wildman–Crippen LogP) is 2.31. The summed E-state index contributed by atoms with van der Waals surface area (Å²) >= 11 is 1.15. The minimum absolute atomic E-state index is 0.247. The van der Waals surface area contributed by atoms with Crippen molar-refractivity contribution in [1.82, 2.24) is 10.3 Å².